The minimum atomic E-state index is -0.395. The maximum atomic E-state index is 12.7. The number of amides is 1. The van der Waals surface area contributed by atoms with Crippen molar-refractivity contribution in [3.05, 3.63) is 51.2 Å². The van der Waals surface area contributed by atoms with Gasteiger partial charge in [0.25, 0.3) is 0 Å². The molecule has 1 heterocycles. The van der Waals surface area contributed by atoms with E-state index in [0.29, 0.717) is 10.6 Å². The van der Waals surface area contributed by atoms with Crippen LogP contribution in [0.2, 0.25) is 0 Å². The fraction of sp³-hybridized carbons (Fsp3) is 0.444. The van der Waals surface area contributed by atoms with E-state index in [1.165, 1.54) is 23.8 Å². The standard InChI is InChI=1S/C27H35N3O3S2/c1-5-30(6-2)17-11-16-28-18-20-14-15-22-23(29-19(4)31)26(27(32)33-7-3)35-25(22)24(20)34-21-12-9-8-10-13-21/h8-10,12-13,18H,5-7,11,14-17H2,1-4H3,(H,29,31)/p+1. The molecule has 2 aromatic rings. The van der Waals surface area contributed by atoms with Crippen LogP contribution in [0, 0.1) is 0 Å². The Morgan fingerprint density at radius 1 is 1.17 bits per heavy atom. The molecule has 0 saturated carbocycles. The number of quaternary nitrogens is 1. The summed E-state index contributed by atoms with van der Waals surface area (Å²) in [4.78, 5) is 34.8. The van der Waals surface area contributed by atoms with Crippen LogP contribution in [0.1, 0.15) is 60.6 Å². The van der Waals surface area contributed by atoms with Crippen LogP contribution in [0.4, 0.5) is 5.69 Å². The molecule has 0 aliphatic heterocycles. The van der Waals surface area contributed by atoms with Gasteiger partial charge in [-0.15, -0.1) is 11.3 Å². The highest BCUT2D eigenvalue weighted by atomic mass is 32.2. The first-order valence-electron chi connectivity index (χ1n) is 12.4. The third-order valence-corrected chi connectivity index (χ3v) is 8.48. The van der Waals surface area contributed by atoms with Crippen molar-refractivity contribution in [3.63, 3.8) is 0 Å². The Hall–Kier alpha value is -2.42. The number of benzene rings is 1. The molecule has 1 aromatic carbocycles. The molecule has 0 atom stereocenters. The summed E-state index contributed by atoms with van der Waals surface area (Å²) < 4.78 is 5.31. The van der Waals surface area contributed by atoms with Gasteiger partial charge in [0.2, 0.25) is 5.91 Å². The molecule has 0 bridgehead atoms. The van der Waals surface area contributed by atoms with Crippen LogP contribution in [0.5, 0.6) is 0 Å². The molecule has 1 aliphatic rings. The van der Waals surface area contributed by atoms with Crippen LogP contribution in [-0.2, 0) is 16.0 Å². The average Bonchev–Trinajstić information content (AvgIpc) is 3.21. The molecule has 8 heteroatoms. The van der Waals surface area contributed by atoms with Gasteiger partial charge in [0, 0.05) is 40.8 Å². The van der Waals surface area contributed by atoms with E-state index in [-0.39, 0.29) is 12.5 Å². The molecule has 2 N–H and O–H groups in total. The van der Waals surface area contributed by atoms with Crippen molar-refractivity contribution >= 4 is 51.8 Å². The predicted molar refractivity (Wildman–Crippen MR) is 147 cm³/mol. The maximum Gasteiger partial charge on any atom is 0.350 e. The van der Waals surface area contributed by atoms with Gasteiger partial charge in [-0.05, 0) is 56.9 Å². The predicted octanol–water partition coefficient (Wildman–Crippen LogP) is 4.72. The Morgan fingerprint density at radius 3 is 2.57 bits per heavy atom. The summed E-state index contributed by atoms with van der Waals surface area (Å²) in [6, 6.07) is 10.2. The minimum absolute atomic E-state index is 0.194. The second-order valence-corrected chi connectivity index (χ2v) is 10.5. The average molecular weight is 515 g/mol. The highest BCUT2D eigenvalue weighted by molar-refractivity contribution is 8.08. The van der Waals surface area contributed by atoms with E-state index < -0.39 is 5.97 Å². The van der Waals surface area contributed by atoms with Gasteiger partial charge in [0.1, 0.15) is 4.88 Å². The molecule has 0 unspecified atom stereocenters. The summed E-state index contributed by atoms with van der Waals surface area (Å²) in [7, 11) is 0. The molecule has 188 valence electrons. The zero-order chi connectivity index (χ0) is 25.2. The van der Waals surface area contributed by atoms with E-state index in [9.17, 15) is 9.59 Å². The second-order valence-electron chi connectivity index (χ2n) is 8.38. The first kappa shape index (κ1) is 27.2. The third-order valence-electron chi connectivity index (χ3n) is 5.94. The lowest BCUT2D eigenvalue weighted by Gasteiger charge is -2.19. The zero-order valence-corrected chi connectivity index (χ0v) is 22.7. The van der Waals surface area contributed by atoms with Gasteiger partial charge in [0.15, 0.2) is 0 Å². The SMILES string of the molecule is CCOC(=O)c1sc2c(c1NC(C)=O)CCC(C=NCCC[NH+](CC)CC)=C2Sc1ccccc1. The summed E-state index contributed by atoms with van der Waals surface area (Å²) in [5.41, 5.74) is 2.78. The van der Waals surface area contributed by atoms with Crippen LogP contribution in [-0.4, -0.2) is 50.9 Å². The van der Waals surface area contributed by atoms with Gasteiger partial charge in [0.05, 0.1) is 31.9 Å². The lowest BCUT2D eigenvalue weighted by Crippen LogP contribution is -3.11. The topological polar surface area (TPSA) is 72.2 Å². The number of fused-ring (bicyclic) bond motifs is 1. The fourth-order valence-electron chi connectivity index (χ4n) is 4.09. The number of esters is 1. The molecule has 0 saturated heterocycles. The van der Waals surface area contributed by atoms with Gasteiger partial charge < -0.3 is 15.0 Å². The molecular formula is C27H36N3O3S2+. The second kappa shape index (κ2) is 13.6. The number of carbonyl (C=O) groups excluding carboxylic acids is 2. The smallest absolute Gasteiger partial charge is 0.350 e. The first-order valence-corrected chi connectivity index (χ1v) is 14.0. The van der Waals surface area contributed by atoms with E-state index in [2.05, 4.69) is 31.3 Å². The number of nitrogens with one attached hydrogen (secondary N) is 2. The Labute approximate surface area is 216 Å². The number of hydrogen-bond donors (Lipinski definition) is 2. The van der Waals surface area contributed by atoms with E-state index in [1.54, 1.807) is 23.6 Å². The fourth-order valence-corrected chi connectivity index (χ4v) is 6.55. The van der Waals surface area contributed by atoms with E-state index >= 15 is 0 Å². The molecule has 1 aromatic heterocycles. The molecule has 0 radical (unpaired) electrons. The Balaban J connectivity index is 1.96. The van der Waals surface area contributed by atoms with Gasteiger partial charge in [-0.2, -0.15) is 0 Å². The van der Waals surface area contributed by atoms with Crippen LogP contribution in [0.3, 0.4) is 0 Å². The number of hydrogen-bond acceptors (Lipinski definition) is 6. The molecule has 1 aliphatic carbocycles. The molecule has 35 heavy (non-hydrogen) atoms. The van der Waals surface area contributed by atoms with Crippen molar-refractivity contribution in [2.75, 3.05) is 38.1 Å². The lowest BCUT2D eigenvalue weighted by atomic mass is 9.97. The Kier molecular flexibility index (Phi) is 10.6. The van der Waals surface area contributed by atoms with Crippen molar-refractivity contribution in [2.24, 2.45) is 4.99 Å². The molecule has 0 spiro atoms. The highest BCUT2D eigenvalue weighted by Gasteiger charge is 2.30. The zero-order valence-electron chi connectivity index (χ0n) is 21.1. The normalized spacial score (nSPS) is 13.4. The van der Waals surface area contributed by atoms with Crippen molar-refractivity contribution in [1.82, 2.24) is 0 Å². The summed E-state index contributed by atoms with van der Waals surface area (Å²) in [5, 5.41) is 2.90. The molecule has 3 rings (SSSR count). The number of aliphatic imine (C=N–C) groups is 1. The Bertz CT molecular complexity index is 1070. The quantitative estimate of drug-likeness (QED) is 0.244. The van der Waals surface area contributed by atoms with Crippen molar-refractivity contribution in [3.8, 4) is 0 Å². The van der Waals surface area contributed by atoms with Crippen LogP contribution in [0.15, 0.2) is 45.8 Å². The van der Waals surface area contributed by atoms with Gasteiger partial charge in [-0.1, -0.05) is 30.0 Å². The summed E-state index contributed by atoms with van der Waals surface area (Å²) in [6.45, 7) is 12.2. The highest BCUT2D eigenvalue weighted by Crippen LogP contribution is 2.49. The van der Waals surface area contributed by atoms with E-state index in [4.69, 9.17) is 9.73 Å². The maximum absolute atomic E-state index is 12.7. The molecule has 6 nitrogen and oxygen atoms in total. The summed E-state index contributed by atoms with van der Waals surface area (Å²) in [5.74, 6) is -0.589. The number of thioether (sulfide) groups is 1. The number of allylic oxidation sites excluding steroid dienone is 1. The summed E-state index contributed by atoms with van der Waals surface area (Å²) >= 11 is 3.09. The van der Waals surface area contributed by atoms with Crippen LogP contribution in [0.25, 0.3) is 4.91 Å². The number of ether oxygens (including phenoxy) is 1. The van der Waals surface area contributed by atoms with E-state index in [0.717, 1.165) is 65.7 Å². The van der Waals surface area contributed by atoms with Crippen molar-refractivity contribution in [2.45, 2.75) is 51.9 Å². The van der Waals surface area contributed by atoms with Crippen LogP contribution >= 0.6 is 23.1 Å². The van der Waals surface area contributed by atoms with Crippen molar-refractivity contribution in [1.29, 1.82) is 0 Å². The molecule has 1 amide bonds. The lowest BCUT2D eigenvalue weighted by molar-refractivity contribution is -0.896. The first-order chi connectivity index (χ1) is 17.0. The van der Waals surface area contributed by atoms with Gasteiger partial charge in [-0.25, -0.2) is 4.79 Å². The van der Waals surface area contributed by atoms with Crippen molar-refractivity contribution < 1.29 is 19.2 Å². The number of thiophene rings is 1. The monoisotopic (exact) mass is 514 g/mol. The number of rotatable bonds is 12. The van der Waals surface area contributed by atoms with E-state index in [1.807, 2.05) is 24.4 Å². The number of nitrogens with zero attached hydrogens (tertiary/aromatic N) is 1. The number of anilines is 1. The van der Waals surface area contributed by atoms with Gasteiger partial charge >= 0.3 is 5.97 Å². The minimum Gasteiger partial charge on any atom is -0.462 e. The molecular weight excluding hydrogens is 478 g/mol. The molecule has 0 fully saturated rings. The van der Waals surface area contributed by atoms with Crippen LogP contribution < -0.4 is 10.2 Å². The number of carbonyl (C=O) groups is 2. The van der Waals surface area contributed by atoms with Gasteiger partial charge in [-0.3, -0.25) is 9.79 Å². The third kappa shape index (κ3) is 7.29. The summed E-state index contributed by atoms with van der Waals surface area (Å²) in [6.07, 6.45) is 4.63. The Morgan fingerprint density at radius 2 is 1.91 bits per heavy atom. The largest absolute Gasteiger partial charge is 0.462 e.